The van der Waals surface area contributed by atoms with Crippen molar-refractivity contribution in [2.75, 3.05) is 32.7 Å². The molecule has 0 aliphatic carbocycles. The summed E-state index contributed by atoms with van der Waals surface area (Å²) in [5, 5.41) is -0.261. The number of fused-ring (bicyclic) bond motifs is 1. The number of nitrogens with zero attached hydrogens (tertiary/aromatic N) is 3. The number of methoxy groups -OCH3 is 2. The molecule has 9 heteroatoms. The number of hydrogen-bond acceptors (Lipinski definition) is 6. The van der Waals surface area contributed by atoms with Crippen molar-refractivity contribution in [1.82, 2.24) is 9.97 Å². The highest BCUT2D eigenvalue weighted by Crippen LogP contribution is 2.36. The number of likely N-dealkylation sites (N-methyl/N-ethyl adjacent to an activating group) is 1. The van der Waals surface area contributed by atoms with Gasteiger partial charge in [0.15, 0.2) is 17.4 Å². The first kappa shape index (κ1) is 16.2. The van der Waals surface area contributed by atoms with E-state index in [1.165, 1.54) is 26.2 Å². The molecule has 0 bridgehead atoms. The van der Waals surface area contributed by atoms with Crippen LogP contribution in [0.2, 0.25) is 5.28 Å². The lowest BCUT2D eigenvalue weighted by Crippen LogP contribution is -2.27. The van der Waals surface area contributed by atoms with E-state index in [2.05, 4.69) is 14.7 Å². The van der Waals surface area contributed by atoms with E-state index in [0.29, 0.717) is 6.07 Å². The highest BCUT2D eigenvalue weighted by Gasteiger charge is 2.22. The Morgan fingerprint density at radius 3 is 2.59 bits per heavy atom. The topological polar surface area (TPSA) is 64.5 Å². The minimum Gasteiger partial charge on any atom is -0.493 e. The summed E-state index contributed by atoms with van der Waals surface area (Å²) in [6, 6.07) is 0.647. The number of benzene rings is 1. The van der Waals surface area contributed by atoms with Gasteiger partial charge in [-0.2, -0.15) is 4.98 Å². The van der Waals surface area contributed by atoms with Gasteiger partial charge in [0.05, 0.1) is 19.6 Å². The van der Waals surface area contributed by atoms with Gasteiger partial charge in [0.25, 0.3) is 0 Å². The molecular formula is C13H12ClF2N3O3. The number of rotatable bonds is 4. The SMILES string of the molecule is COC(=O)CN(C)c1nc(Cl)nc2c(F)cc(F)c(OC)c12. The lowest BCUT2D eigenvalue weighted by molar-refractivity contribution is -0.138. The van der Waals surface area contributed by atoms with Crippen molar-refractivity contribution in [3.8, 4) is 5.75 Å². The highest BCUT2D eigenvalue weighted by molar-refractivity contribution is 6.29. The third kappa shape index (κ3) is 2.87. The third-order valence-corrected chi connectivity index (χ3v) is 3.11. The zero-order valence-corrected chi connectivity index (χ0v) is 12.7. The van der Waals surface area contributed by atoms with E-state index in [0.717, 1.165) is 0 Å². The van der Waals surface area contributed by atoms with Crippen LogP contribution in [0.5, 0.6) is 5.75 Å². The molecule has 0 saturated carbocycles. The van der Waals surface area contributed by atoms with Gasteiger partial charge in [-0.15, -0.1) is 0 Å². The summed E-state index contributed by atoms with van der Waals surface area (Å²) in [7, 11) is 3.95. The number of anilines is 1. The van der Waals surface area contributed by atoms with Crippen LogP contribution in [0.4, 0.5) is 14.6 Å². The first-order valence-electron chi connectivity index (χ1n) is 6.06. The van der Waals surface area contributed by atoms with Gasteiger partial charge in [-0.05, 0) is 11.6 Å². The van der Waals surface area contributed by atoms with Crippen LogP contribution >= 0.6 is 11.6 Å². The van der Waals surface area contributed by atoms with Crippen molar-refractivity contribution in [2.24, 2.45) is 0 Å². The Kier molecular flexibility index (Phi) is 4.60. The van der Waals surface area contributed by atoms with E-state index in [9.17, 15) is 13.6 Å². The van der Waals surface area contributed by atoms with E-state index >= 15 is 0 Å². The molecular weight excluding hydrogens is 320 g/mol. The Hall–Kier alpha value is -2.22. The number of hydrogen-bond donors (Lipinski definition) is 0. The van der Waals surface area contributed by atoms with Crippen molar-refractivity contribution in [3.63, 3.8) is 0 Å². The van der Waals surface area contributed by atoms with Gasteiger partial charge in [0, 0.05) is 13.1 Å². The molecule has 1 heterocycles. The van der Waals surface area contributed by atoms with Gasteiger partial charge in [0.2, 0.25) is 5.28 Å². The van der Waals surface area contributed by atoms with Crippen LogP contribution in [0.15, 0.2) is 6.07 Å². The van der Waals surface area contributed by atoms with Gasteiger partial charge in [-0.1, -0.05) is 0 Å². The number of halogens is 3. The van der Waals surface area contributed by atoms with Gasteiger partial charge >= 0.3 is 5.97 Å². The molecule has 1 aromatic carbocycles. The van der Waals surface area contributed by atoms with Crippen LogP contribution < -0.4 is 9.64 Å². The highest BCUT2D eigenvalue weighted by atomic mass is 35.5. The standard InChI is InChI=1S/C13H12ClF2N3O3/c1-19(5-8(20)21-2)12-9-10(17-13(14)18-12)6(15)4-7(16)11(9)22-3/h4H,5H2,1-3H3. The lowest BCUT2D eigenvalue weighted by Gasteiger charge is -2.20. The number of ether oxygens (including phenoxy) is 2. The molecule has 0 atom stereocenters. The maximum atomic E-state index is 14.0. The fourth-order valence-corrected chi connectivity index (χ4v) is 2.14. The van der Waals surface area contributed by atoms with Gasteiger partial charge in [-0.3, -0.25) is 4.79 Å². The summed E-state index contributed by atoms with van der Waals surface area (Å²) >= 11 is 5.78. The molecule has 0 radical (unpaired) electrons. The molecule has 2 rings (SSSR count). The molecule has 0 aliphatic heterocycles. The monoisotopic (exact) mass is 331 g/mol. The van der Waals surface area contributed by atoms with Crippen molar-refractivity contribution >= 4 is 34.3 Å². The average molecular weight is 332 g/mol. The summed E-state index contributed by atoms with van der Waals surface area (Å²) in [5.74, 6) is -2.56. The quantitative estimate of drug-likeness (QED) is 0.632. The van der Waals surface area contributed by atoms with Crippen LogP contribution in [-0.2, 0) is 9.53 Å². The first-order chi connectivity index (χ1) is 10.4. The maximum absolute atomic E-state index is 14.0. The Balaban J connectivity index is 2.74. The minimum absolute atomic E-state index is 0.0178. The fraction of sp³-hybridized carbons (Fsp3) is 0.308. The molecule has 118 valence electrons. The Morgan fingerprint density at radius 1 is 1.32 bits per heavy atom. The van der Waals surface area contributed by atoms with Crippen LogP contribution in [-0.4, -0.2) is 43.7 Å². The Morgan fingerprint density at radius 2 is 2.00 bits per heavy atom. The molecule has 0 fully saturated rings. The normalized spacial score (nSPS) is 10.6. The zero-order valence-electron chi connectivity index (χ0n) is 12.0. The van der Waals surface area contributed by atoms with Gasteiger partial charge < -0.3 is 14.4 Å². The molecule has 6 nitrogen and oxygen atoms in total. The molecule has 22 heavy (non-hydrogen) atoms. The number of carbonyl (C=O) groups excluding carboxylic acids is 1. The molecule has 1 aromatic heterocycles. The predicted molar refractivity (Wildman–Crippen MR) is 76.3 cm³/mol. The largest absolute Gasteiger partial charge is 0.493 e. The second-order valence-corrected chi connectivity index (χ2v) is 4.68. The predicted octanol–water partition coefficient (Wildman–Crippen LogP) is 2.18. The van der Waals surface area contributed by atoms with E-state index < -0.39 is 17.6 Å². The fourth-order valence-electron chi connectivity index (χ4n) is 1.98. The maximum Gasteiger partial charge on any atom is 0.325 e. The van der Waals surface area contributed by atoms with E-state index in [4.69, 9.17) is 16.3 Å². The summed E-state index contributed by atoms with van der Waals surface area (Å²) in [4.78, 5) is 20.4. The van der Waals surface area contributed by atoms with Crippen molar-refractivity contribution in [1.29, 1.82) is 0 Å². The van der Waals surface area contributed by atoms with Crippen LogP contribution in [0.3, 0.4) is 0 Å². The summed E-state index contributed by atoms with van der Waals surface area (Å²) in [6.45, 7) is -0.194. The lowest BCUT2D eigenvalue weighted by atomic mass is 10.2. The van der Waals surface area contributed by atoms with Gasteiger partial charge in [0.1, 0.15) is 17.9 Å². The molecule has 0 saturated heterocycles. The van der Waals surface area contributed by atoms with Crippen LogP contribution in [0.25, 0.3) is 10.9 Å². The third-order valence-electron chi connectivity index (χ3n) is 2.95. The number of carbonyl (C=O) groups is 1. The molecule has 0 aliphatic rings. The minimum atomic E-state index is -0.912. The number of esters is 1. The Bertz CT molecular complexity index is 742. The van der Waals surface area contributed by atoms with Crippen molar-refractivity contribution in [2.45, 2.75) is 0 Å². The van der Waals surface area contributed by atoms with Crippen molar-refractivity contribution < 1.29 is 23.0 Å². The Labute approximate surface area is 129 Å². The average Bonchev–Trinajstić information content (AvgIpc) is 2.47. The molecule has 0 N–H and O–H groups in total. The molecule has 2 aromatic rings. The van der Waals surface area contributed by atoms with Gasteiger partial charge in [-0.25, -0.2) is 13.8 Å². The number of aromatic nitrogens is 2. The molecule has 0 unspecified atom stereocenters. The summed E-state index contributed by atoms with van der Waals surface area (Å²) in [6.07, 6.45) is 0. The first-order valence-corrected chi connectivity index (χ1v) is 6.44. The molecule has 0 amide bonds. The summed E-state index contributed by atoms with van der Waals surface area (Å²) < 4.78 is 37.4. The van der Waals surface area contributed by atoms with E-state index in [1.807, 2.05) is 0 Å². The van der Waals surface area contributed by atoms with Crippen molar-refractivity contribution in [3.05, 3.63) is 23.0 Å². The molecule has 0 spiro atoms. The second kappa shape index (κ2) is 6.27. The smallest absolute Gasteiger partial charge is 0.325 e. The zero-order chi connectivity index (χ0) is 16.4. The summed E-state index contributed by atoms with van der Waals surface area (Å²) in [5.41, 5.74) is -0.204. The second-order valence-electron chi connectivity index (χ2n) is 4.35. The van der Waals surface area contributed by atoms with Crippen LogP contribution in [0.1, 0.15) is 0 Å². The van der Waals surface area contributed by atoms with E-state index in [-0.39, 0.29) is 34.3 Å². The van der Waals surface area contributed by atoms with E-state index in [1.54, 1.807) is 0 Å². The van der Waals surface area contributed by atoms with Crippen LogP contribution in [0, 0.1) is 11.6 Å².